The van der Waals surface area contributed by atoms with Gasteiger partial charge in [-0.15, -0.1) is 0 Å². The zero-order chi connectivity index (χ0) is 24.2. The molecule has 0 unspecified atom stereocenters. The molecule has 0 aliphatic carbocycles. The fourth-order valence-corrected chi connectivity index (χ4v) is 4.26. The normalized spacial score (nSPS) is 15.8. The van der Waals surface area contributed by atoms with E-state index >= 15 is 0 Å². The number of nitro benzene ring substituents is 1. The van der Waals surface area contributed by atoms with Crippen molar-refractivity contribution in [1.82, 2.24) is 9.47 Å². The fourth-order valence-electron chi connectivity index (χ4n) is 3.29. The zero-order valence-corrected chi connectivity index (χ0v) is 19.2. The minimum atomic E-state index is -0.446. The Balaban J connectivity index is 1.59. The molecule has 172 valence electrons. The van der Waals surface area contributed by atoms with Crippen LogP contribution in [0, 0.1) is 10.1 Å². The summed E-state index contributed by atoms with van der Waals surface area (Å²) in [4.78, 5) is 41.8. The second-order valence-corrected chi connectivity index (χ2v) is 8.23. The number of thioether (sulfide) groups is 1. The number of nitrogens with zero attached hydrogens (tertiary/aromatic N) is 4. The van der Waals surface area contributed by atoms with E-state index in [9.17, 15) is 19.7 Å². The summed E-state index contributed by atoms with van der Waals surface area (Å²) in [5, 5.41) is 11.6. The molecule has 2 heterocycles. The Morgan fingerprint density at radius 2 is 1.94 bits per heavy atom. The maximum atomic E-state index is 12.8. The first-order valence-electron chi connectivity index (χ1n) is 10.3. The van der Waals surface area contributed by atoms with Crippen LogP contribution in [-0.4, -0.2) is 45.1 Å². The molecule has 1 aliphatic rings. The van der Waals surface area contributed by atoms with E-state index in [0.717, 1.165) is 0 Å². The second kappa shape index (κ2) is 9.75. The number of carbonyl (C=O) groups excluding carboxylic acids is 2. The fraction of sp³-hybridized carbons (Fsp3) is 0.125. The number of nitro groups is 1. The lowest BCUT2D eigenvalue weighted by atomic mass is 10.2. The van der Waals surface area contributed by atoms with E-state index in [1.807, 2.05) is 6.07 Å². The molecule has 0 spiro atoms. The van der Waals surface area contributed by atoms with E-state index in [1.165, 1.54) is 28.8 Å². The number of amidine groups is 1. The van der Waals surface area contributed by atoms with E-state index in [-0.39, 0.29) is 11.6 Å². The summed E-state index contributed by atoms with van der Waals surface area (Å²) in [6.07, 6.45) is 3.51. The minimum Gasteiger partial charge on any atom is -0.462 e. The molecule has 0 bridgehead atoms. The summed E-state index contributed by atoms with van der Waals surface area (Å²) in [6, 6.07) is 16.5. The lowest BCUT2D eigenvalue weighted by Crippen LogP contribution is -2.23. The molecule has 10 heteroatoms. The predicted octanol–water partition coefficient (Wildman–Crippen LogP) is 4.80. The number of non-ortho nitro benzene ring substituents is 1. The number of amides is 1. The molecule has 2 aromatic carbocycles. The van der Waals surface area contributed by atoms with Gasteiger partial charge in [-0.05, 0) is 67.2 Å². The van der Waals surface area contributed by atoms with E-state index in [4.69, 9.17) is 4.74 Å². The highest BCUT2D eigenvalue weighted by atomic mass is 32.2. The first-order valence-corrected chi connectivity index (χ1v) is 11.1. The number of aromatic nitrogens is 1. The third kappa shape index (κ3) is 4.76. The highest BCUT2D eigenvalue weighted by Gasteiger charge is 2.30. The Bertz CT molecular complexity index is 1330. The van der Waals surface area contributed by atoms with Gasteiger partial charge in [-0.3, -0.25) is 19.8 Å². The van der Waals surface area contributed by atoms with Crippen LogP contribution in [0.15, 0.2) is 76.8 Å². The molecular formula is C24H20N4O5S. The first-order chi connectivity index (χ1) is 16.4. The molecule has 9 nitrogen and oxygen atoms in total. The summed E-state index contributed by atoms with van der Waals surface area (Å²) < 4.78 is 6.76. The number of benzene rings is 2. The van der Waals surface area contributed by atoms with Crippen LogP contribution in [0.3, 0.4) is 0 Å². The van der Waals surface area contributed by atoms with Crippen LogP contribution in [0.25, 0.3) is 11.8 Å². The topological polar surface area (TPSA) is 107 Å². The van der Waals surface area contributed by atoms with Crippen LogP contribution >= 0.6 is 11.8 Å². The quantitative estimate of drug-likeness (QED) is 0.219. The van der Waals surface area contributed by atoms with Gasteiger partial charge in [0.1, 0.15) is 0 Å². The van der Waals surface area contributed by atoms with Crippen LogP contribution in [0.4, 0.5) is 11.4 Å². The van der Waals surface area contributed by atoms with Crippen LogP contribution in [0.2, 0.25) is 0 Å². The van der Waals surface area contributed by atoms with Crippen molar-refractivity contribution in [1.29, 1.82) is 0 Å². The van der Waals surface area contributed by atoms with Gasteiger partial charge in [-0.1, -0.05) is 6.07 Å². The zero-order valence-electron chi connectivity index (χ0n) is 18.4. The van der Waals surface area contributed by atoms with Crippen molar-refractivity contribution < 1.29 is 19.2 Å². The standard InChI is InChI=1S/C24H20N4O5S/c1-3-33-23(30)16-9-11-17(12-10-16)25-24-26(2)22(29)21(34-24)15-19-8-5-13-27(19)18-6-4-7-20(14-18)28(31)32/h4-15H,3H2,1-2H3. The van der Waals surface area contributed by atoms with Gasteiger partial charge in [0.15, 0.2) is 5.17 Å². The highest BCUT2D eigenvalue weighted by Crippen LogP contribution is 2.33. The van der Waals surface area contributed by atoms with Crippen molar-refractivity contribution in [2.24, 2.45) is 4.99 Å². The summed E-state index contributed by atoms with van der Waals surface area (Å²) in [5.74, 6) is -0.611. The molecule has 1 aromatic heterocycles. The average molecular weight is 477 g/mol. The lowest BCUT2D eigenvalue weighted by Gasteiger charge is -2.08. The number of aliphatic imine (C=N–C) groups is 1. The van der Waals surface area contributed by atoms with Gasteiger partial charge in [0.25, 0.3) is 11.6 Å². The average Bonchev–Trinajstić information content (AvgIpc) is 3.40. The summed E-state index contributed by atoms with van der Waals surface area (Å²) in [6.45, 7) is 2.04. The molecule has 3 aromatic rings. The Labute approximate surface area is 199 Å². The molecular weight excluding hydrogens is 456 g/mol. The van der Waals surface area contributed by atoms with Crippen LogP contribution < -0.4 is 0 Å². The molecule has 4 rings (SSSR count). The largest absolute Gasteiger partial charge is 0.462 e. The smallest absolute Gasteiger partial charge is 0.338 e. The third-order valence-corrected chi connectivity index (χ3v) is 6.04. The van der Waals surface area contributed by atoms with E-state index < -0.39 is 10.9 Å². The number of esters is 1. The molecule has 34 heavy (non-hydrogen) atoms. The molecule has 1 fully saturated rings. The van der Waals surface area contributed by atoms with E-state index in [0.29, 0.717) is 39.3 Å². The molecule has 1 amide bonds. The van der Waals surface area contributed by atoms with Gasteiger partial charge >= 0.3 is 5.97 Å². The number of ether oxygens (including phenoxy) is 1. The number of hydrogen-bond donors (Lipinski definition) is 0. The number of likely N-dealkylation sites (N-methyl/N-ethyl adjacent to an activating group) is 1. The second-order valence-electron chi connectivity index (χ2n) is 7.22. The molecule has 1 saturated heterocycles. The van der Waals surface area contributed by atoms with E-state index in [2.05, 4.69) is 4.99 Å². The lowest BCUT2D eigenvalue weighted by molar-refractivity contribution is -0.384. The Morgan fingerprint density at radius 3 is 2.65 bits per heavy atom. The Kier molecular flexibility index (Phi) is 6.60. The van der Waals surface area contributed by atoms with Gasteiger partial charge < -0.3 is 9.30 Å². The van der Waals surface area contributed by atoms with Crippen molar-refractivity contribution in [3.8, 4) is 5.69 Å². The Hall–Kier alpha value is -4.18. The SMILES string of the molecule is CCOC(=O)c1ccc(N=C2SC(=Cc3cccn3-c3cccc([N+](=O)[O-])c3)C(=O)N2C)cc1. The highest BCUT2D eigenvalue weighted by molar-refractivity contribution is 8.18. The van der Waals surface area contributed by atoms with Crippen molar-refractivity contribution in [2.45, 2.75) is 6.92 Å². The summed E-state index contributed by atoms with van der Waals surface area (Å²) in [5.41, 5.74) is 2.32. The molecule has 0 saturated carbocycles. The van der Waals surface area contributed by atoms with Crippen LogP contribution in [-0.2, 0) is 9.53 Å². The Morgan fingerprint density at radius 1 is 1.18 bits per heavy atom. The number of rotatable bonds is 6. The van der Waals surface area contributed by atoms with Crippen molar-refractivity contribution in [2.75, 3.05) is 13.7 Å². The minimum absolute atomic E-state index is 0.0146. The monoisotopic (exact) mass is 476 g/mol. The summed E-state index contributed by atoms with van der Waals surface area (Å²) >= 11 is 1.22. The van der Waals surface area contributed by atoms with E-state index in [1.54, 1.807) is 73.3 Å². The van der Waals surface area contributed by atoms with Crippen molar-refractivity contribution in [3.05, 3.63) is 93.1 Å². The maximum absolute atomic E-state index is 12.8. The van der Waals surface area contributed by atoms with Crippen LogP contribution in [0.5, 0.6) is 0 Å². The van der Waals surface area contributed by atoms with Gasteiger partial charge in [0, 0.05) is 31.1 Å². The summed E-state index contributed by atoms with van der Waals surface area (Å²) in [7, 11) is 1.64. The first kappa shape index (κ1) is 23.0. The van der Waals surface area contributed by atoms with Gasteiger partial charge in [0.2, 0.25) is 0 Å². The van der Waals surface area contributed by atoms with Gasteiger partial charge in [-0.25, -0.2) is 9.79 Å². The molecule has 0 N–H and O–H groups in total. The van der Waals surface area contributed by atoms with Crippen molar-refractivity contribution in [3.63, 3.8) is 0 Å². The third-order valence-electron chi connectivity index (χ3n) is 4.98. The van der Waals surface area contributed by atoms with Crippen molar-refractivity contribution >= 4 is 46.3 Å². The van der Waals surface area contributed by atoms with Gasteiger partial charge in [-0.2, -0.15) is 0 Å². The number of carbonyl (C=O) groups is 2. The maximum Gasteiger partial charge on any atom is 0.338 e. The number of hydrogen-bond acceptors (Lipinski definition) is 7. The molecule has 0 radical (unpaired) electrons. The molecule has 1 aliphatic heterocycles. The molecule has 0 atom stereocenters. The predicted molar refractivity (Wildman–Crippen MR) is 130 cm³/mol. The van der Waals surface area contributed by atoms with Gasteiger partial charge in [0.05, 0.1) is 33.4 Å². The van der Waals surface area contributed by atoms with Crippen LogP contribution in [0.1, 0.15) is 23.0 Å².